The Kier molecular flexibility index (Phi) is 4.52. The maximum atomic E-state index is 12.3. The fraction of sp³-hybridized carbons (Fsp3) is 0.263. The van der Waals surface area contributed by atoms with Gasteiger partial charge in [0.15, 0.2) is 5.82 Å². The van der Waals surface area contributed by atoms with Crippen LogP contribution in [0.5, 0.6) is 0 Å². The van der Waals surface area contributed by atoms with E-state index in [0.29, 0.717) is 12.2 Å². The van der Waals surface area contributed by atoms with Gasteiger partial charge in [-0.2, -0.15) is 11.3 Å². The Bertz CT molecular complexity index is 864. The van der Waals surface area contributed by atoms with Crippen LogP contribution in [0.4, 0.5) is 0 Å². The summed E-state index contributed by atoms with van der Waals surface area (Å²) in [6.07, 6.45) is 8.65. The number of hydrogen-bond donors (Lipinski definition) is 1. The Morgan fingerprint density at radius 3 is 3.08 bits per heavy atom. The number of carbonyl (C=O) groups excluding carboxylic acids is 1. The maximum absolute atomic E-state index is 12.3. The van der Waals surface area contributed by atoms with Crippen molar-refractivity contribution in [1.29, 1.82) is 0 Å². The third kappa shape index (κ3) is 3.58. The average molecular weight is 350 g/mol. The highest BCUT2D eigenvalue weighted by Crippen LogP contribution is 2.29. The van der Waals surface area contributed by atoms with E-state index < -0.39 is 0 Å². The summed E-state index contributed by atoms with van der Waals surface area (Å²) >= 11 is 1.61. The molecule has 1 aliphatic carbocycles. The molecule has 1 N–H and O–H groups in total. The molecule has 0 bridgehead atoms. The zero-order valence-electron chi connectivity index (χ0n) is 13.7. The van der Waals surface area contributed by atoms with Gasteiger partial charge in [0.25, 0.3) is 0 Å². The van der Waals surface area contributed by atoms with Crippen LogP contribution in [0.1, 0.15) is 35.7 Å². The summed E-state index contributed by atoms with van der Waals surface area (Å²) in [6.45, 7) is 0. The summed E-state index contributed by atoms with van der Waals surface area (Å²) in [5.74, 6) is 0.740. The summed E-state index contributed by atoms with van der Waals surface area (Å²) in [4.78, 5) is 25.7. The largest absolute Gasteiger partial charge is 0.349 e. The van der Waals surface area contributed by atoms with Gasteiger partial charge in [-0.25, -0.2) is 9.97 Å². The molecule has 5 nitrogen and oxygen atoms in total. The van der Waals surface area contributed by atoms with Gasteiger partial charge in [0.2, 0.25) is 5.91 Å². The fourth-order valence-electron chi connectivity index (χ4n) is 3.15. The number of aryl methyl sites for hydroxylation is 1. The van der Waals surface area contributed by atoms with Crippen molar-refractivity contribution in [3.05, 3.63) is 64.4 Å². The van der Waals surface area contributed by atoms with Crippen LogP contribution >= 0.6 is 11.3 Å². The predicted octanol–water partition coefficient (Wildman–Crippen LogP) is 3.34. The van der Waals surface area contributed by atoms with E-state index in [1.165, 1.54) is 0 Å². The van der Waals surface area contributed by atoms with E-state index in [0.717, 1.165) is 41.6 Å². The normalized spacial score (nSPS) is 16.2. The minimum Gasteiger partial charge on any atom is -0.349 e. The Balaban J connectivity index is 1.53. The Morgan fingerprint density at radius 1 is 1.32 bits per heavy atom. The summed E-state index contributed by atoms with van der Waals surface area (Å²) < 4.78 is 0. The van der Waals surface area contributed by atoms with E-state index in [9.17, 15) is 4.79 Å². The first-order valence-electron chi connectivity index (χ1n) is 8.36. The number of pyridine rings is 1. The first-order valence-corrected chi connectivity index (χ1v) is 9.30. The molecule has 0 fully saturated rings. The van der Waals surface area contributed by atoms with Crippen molar-refractivity contribution < 1.29 is 4.79 Å². The number of carbonyl (C=O) groups is 1. The van der Waals surface area contributed by atoms with Gasteiger partial charge in [0, 0.05) is 35.4 Å². The van der Waals surface area contributed by atoms with E-state index in [-0.39, 0.29) is 11.9 Å². The van der Waals surface area contributed by atoms with Crippen molar-refractivity contribution in [2.24, 2.45) is 0 Å². The van der Waals surface area contributed by atoms with Crippen LogP contribution in [0.15, 0.2) is 47.5 Å². The molecule has 126 valence electrons. The molecule has 1 unspecified atom stereocenters. The molecule has 3 aromatic heterocycles. The quantitative estimate of drug-likeness (QED) is 0.784. The number of nitrogens with zero attached hydrogens (tertiary/aromatic N) is 3. The van der Waals surface area contributed by atoms with Gasteiger partial charge in [0.1, 0.15) is 0 Å². The number of amides is 1. The minimum absolute atomic E-state index is 0.00201. The maximum Gasteiger partial charge on any atom is 0.224 e. The lowest BCUT2D eigenvalue weighted by Gasteiger charge is -2.25. The topological polar surface area (TPSA) is 67.8 Å². The third-order valence-corrected chi connectivity index (χ3v) is 5.11. The first-order chi connectivity index (χ1) is 12.3. The Labute approximate surface area is 150 Å². The van der Waals surface area contributed by atoms with Gasteiger partial charge < -0.3 is 5.32 Å². The molecule has 25 heavy (non-hydrogen) atoms. The van der Waals surface area contributed by atoms with Gasteiger partial charge in [-0.1, -0.05) is 0 Å². The van der Waals surface area contributed by atoms with Gasteiger partial charge in [-0.05, 0) is 53.8 Å². The molecular formula is C19H18N4OS. The van der Waals surface area contributed by atoms with Crippen molar-refractivity contribution in [3.63, 3.8) is 0 Å². The van der Waals surface area contributed by atoms with E-state index >= 15 is 0 Å². The number of nitrogens with one attached hydrogen (secondary N) is 1. The summed E-state index contributed by atoms with van der Waals surface area (Å²) in [7, 11) is 0. The van der Waals surface area contributed by atoms with Crippen molar-refractivity contribution in [3.8, 4) is 11.4 Å². The summed E-state index contributed by atoms with van der Waals surface area (Å²) in [5, 5.41) is 7.15. The van der Waals surface area contributed by atoms with E-state index in [4.69, 9.17) is 4.98 Å². The van der Waals surface area contributed by atoms with Gasteiger partial charge in [-0.15, -0.1) is 0 Å². The van der Waals surface area contributed by atoms with Crippen LogP contribution in [0.3, 0.4) is 0 Å². The second-order valence-electron chi connectivity index (χ2n) is 6.16. The van der Waals surface area contributed by atoms with Crippen LogP contribution in [0.2, 0.25) is 0 Å². The third-order valence-electron chi connectivity index (χ3n) is 4.38. The molecule has 0 saturated heterocycles. The van der Waals surface area contributed by atoms with Gasteiger partial charge >= 0.3 is 0 Å². The lowest BCUT2D eigenvalue weighted by molar-refractivity contribution is -0.121. The van der Waals surface area contributed by atoms with Crippen molar-refractivity contribution in [2.45, 2.75) is 31.7 Å². The van der Waals surface area contributed by atoms with Crippen molar-refractivity contribution in [2.75, 3.05) is 0 Å². The summed E-state index contributed by atoms with van der Waals surface area (Å²) in [6, 6.07) is 5.82. The van der Waals surface area contributed by atoms with Crippen LogP contribution in [-0.4, -0.2) is 20.9 Å². The SMILES string of the molecule is O=C(Cc1ccsc1)NC1CCCc2nc(-c3cccnc3)ncc21. The van der Waals surface area contributed by atoms with Gasteiger partial charge in [-0.3, -0.25) is 9.78 Å². The van der Waals surface area contributed by atoms with Crippen LogP contribution in [0, 0.1) is 0 Å². The fourth-order valence-corrected chi connectivity index (χ4v) is 3.82. The smallest absolute Gasteiger partial charge is 0.224 e. The van der Waals surface area contributed by atoms with Gasteiger partial charge in [0.05, 0.1) is 12.5 Å². The zero-order chi connectivity index (χ0) is 17.1. The van der Waals surface area contributed by atoms with Crippen molar-refractivity contribution >= 4 is 17.2 Å². The molecular weight excluding hydrogens is 332 g/mol. The molecule has 0 aromatic carbocycles. The number of hydrogen-bond acceptors (Lipinski definition) is 5. The number of rotatable bonds is 4. The summed E-state index contributed by atoms with van der Waals surface area (Å²) in [5.41, 5.74) is 4.04. The predicted molar refractivity (Wildman–Crippen MR) is 97.1 cm³/mol. The second kappa shape index (κ2) is 7.11. The number of fused-ring (bicyclic) bond motifs is 1. The van der Waals surface area contributed by atoms with E-state index in [1.54, 1.807) is 23.7 Å². The molecule has 3 heterocycles. The van der Waals surface area contributed by atoms with Crippen LogP contribution in [0.25, 0.3) is 11.4 Å². The lowest BCUT2D eigenvalue weighted by atomic mass is 9.92. The molecule has 1 atom stereocenters. The van der Waals surface area contributed by atoms with E-state index in [2.05, 4.69) is 15.3 Å². The van der Waals surface area contributed by atoms with Crippen LogP contribution in [-0.2, 0) is 17.6 Å². The highest BCUT2D eigenvalue weighted by molar-refractivity contribution is 7.08. The number of thiophene rings is 1. The molecule has 0 aliphatic heterocycles. The highest BCUT2D eigenvalue weighted by atomic mass is 32.1. The molecule has 0 spiro atoms. The monoisotopic (exact) mass is 350 g/mol. The molecule has 0 radical (unpaired) electrons. The number of aromatic nitrogens is 3. The molecule has 6 heteroatoms. The molecule has 1 aliphatic rings. The lowest BCUT2D eigenvalue weighted by Crippen LogP contribution is -2.32. The zero-order valence-corrected chi connectivity index (χ0v) is 14.5. The second-order valence-corrected chi connectivity index (χ2v) is 6.94. The molecule has 0 saturated carbocycles. The molecule has 1 amide bonds. The Morgan fingerprint density at radius 2 is 2.28 bits per heavy atom. The average Bonchev–Trinajstić information content (AvgIpc) is 3.15. The standard InChI is InChI=1S/C19H18N4OS/c24-18(9-13-6-8-25-12-13)22-16-4-1-5-17-15(16)11-21-19(23-17)14-3-2-7-20-10-14/h2-3,6-8,10-12,16H,1,4-5,9H2,(H,22,24). The Hall–Kier alpha value is -2.60. The van der Waals surface area contributed by atoms with Crippen molar-refractivity contribution in [1.82, 2.24) is 20.3 Å². The molecule has 4 rings (SSSR count). The van der Waals surface area contributed by atoms with Crippen LogP contribution < -0.4 is 5.32 Å². The highest BCUT2D eigenvalue weighted by Gasteiger charge is 2.24. The van der Waals surface area contributed by atoms with E-state index in [1.807, 2.05) is 35.2 Å². The first kappa shape index (κ1) is 15.9. The minimum atomic E-state index is -0.00201. The molecule has 3 aromatic rings.